The number of hydrogen-bond donors (Lipinski definition) is 0. The van der Waals surface area contributed by atoms with E-state index < -0.39 is 5.97 Å². The third-order valence-electron chi connectivity index (χ3n) is 4.06. The molecule has 0 aliphatic carbocycles. The molecule has 0 spiro atoms. The minimum atomic E-state index is -0.510. The molecule has 0 amide bonds. The lowest BCUT2D eigenvalue weighted by Crippen LogP contribution is -2.14. The van der Waals surface area contributed by atoms with Crippen molar-refractivity contribution >= 4 is 11.9 Å². The second-order valence-corrected chi connectivity index (χ2v) is 6.23. The van der Waals surface area contributed by atoms with Crippen molar-refractivity contribution in [1.82, 2.24) is 0 Å². The number of rotatable bonds is 16. The summed E-state index contributed by atoms with van der Waals surface area (Å²) in [5, 5.41) is 0. The predicted molar refractivity (Wildman–Crippen MR) is 93.3 cm³/mol. The molecule has 0 rings (SSSR count). The third-order valence-corrected chi connectivity index (χ3v) is 4.06. The SMILES string of the molecule is CCCCCCCCCCCCCCCC(=O)OCC(=O)OC. The molecule has 4 nitrogen and oxygen atoms in total. The average Bonchev–Trinajstić information content (AvgIpc) is 2.56. The molecule has 0 N–H and O–H groups in total. The predicted octanol–water partition coefficient (Wildman–Crippen LogP) is 5.18. The van der Waals surface area contributed by atoms with Gasteiger partial charge < -0.3 is 9.47 Å². The first-order valence-corrected chi connectivity index (χ1v) is 9.43. The van der Waals surface area contributed by atoms with Gasteiger partial charge in [-0.25, -0.2) is 4.79 Å². The van der Waals surface area contributed by atoms with E-state index in [4.69, 9.17) is 4.74 Å². The van der Waals surface area contributed by atoms with Gasteiger partial charge in [0.05, 0.1) is 7.11 Å². The van der Waals surface area contributed by atoms with E-state index >= 15 is 0 Å². The van der Waals surface area contributed by atoms with Crippen LogP contribution in [0.3, 0.4) is 0 Å². The van der Waals surface area contributed by atoms with E-state index in [1.54, 1.807) is 0 Å². The molecule has 0 unspecified atom stereocenters. The lowest BCUT2D eigenvalue weighted by atomic mass is 10.0. The third kappa shape index (κ3) is 17.1. The van der Waals surface area contributed by atoms with Crippen LogP contribution in [0.15, 0.2) is 0 Å². The lowest BCUT2D eigenvalue weighted by molar-refractivity contribution is -0.157. The monoisotopic (exact) mass is 328 g/mol. The van der Waals surface area contributed by atoms with Crippen molar-refractivity contribution in [1.29, 1.82) is 0 Å². The van der Waals surface area contributed by atoms with Crippen LogP contribution >= 0.6 is 0 Å². The van der Waals surface area contributed by atoms with E-state index in [9.17, 15) is 9.59 Å². The van der Waals surface area contributed by atoms with Gasteiger partial charge in [0, 0.05) is 6.42 Å². The molecule has 0 aliphatic rings. The van der Waals surface area contributed by atoms with E-state index in [0.29, 0.717) is 6.42 Å². The van der Waals surface area contributed by atoms with Gasteiger partial charge >= 0.3 is 11.9 Å². The summed E-state index contributed by atoms with van der Waals surface area (Å²) >= 11 is 0. The van der Waals surface area contributed by atoms with Crippen LogP contribution in [-0.2, 0) is 19.1 Å². The first-order valence-electron chi connectivity index (χ1n) is 9.43. The van der Waals surface area contributed by atoms with Crippen molar-refractivity contribution < 1.29 is 19.1 Å². The Labute approximate surface area is 142 Å². The Morgan fingerprint density at radius 3 is 1.52 bits per heavy atom. The van der Waals surface area contributed by atoms with Gasteiger partial charge in [-0.05, 0) is 6.42 Å². The second kappa shape index (κ2) is 17.3. The Morgan fingerprint density at radius 2 is 1.09 bits per heavy atom. The minimum absolute atomic E-state index is 0.270. The van der Waals surface area contributed by atoms with Gasteiger partial charge in [-0.15, -0.1) is 0 Å². The molecule has 4 heteroatoms. The van der Waals surface area contributed by atoms with Gasteiger partial charge in [-0.2, -0.15) is 0 Å². The van der Waals surface area contributed by atoms with Crippen LogP contribution in [0, 0.1) is 0 Å². The molecule has 0 heterocycles. The molecule has 0 fully saturated rings. The van der Waals surface area contributed by atoms with Crippen LogP contribution in [-0.4, -0.2) is 25.7 Å². The molecule has 23 heavy (non-hydrogen) atoms. The van der Waals surface area contributed by atoms with Crippen molar-refractivity contribution in [3.63, 3.8) is 0 Å². The summed E-state index contributed by atoms with van der Waals surface area (Å²) in [7, 11) is 1.28. The number of esters is 2. The molecule has 0 aromatic heterocycles. The topological polar surface area (TPSA) is 52.6 Å². The minimum Gasteiger partial charge on any atom is -0.466 e. The fourth-order valence-electron chi connectivity index (χ4n) is 2.56. The maximum Gasteiger partial charge on any atom is 0.344 e. The Hall–Kier alpha value is -1.06. The highest BCUT2D eigenvalue weighted by Gasteiger charge is 2.06. The van der Waals surface area contributed by atoms with Crippen LogP contribution in [0.2, 0.25) is 0 Å². The Balaban J connectivity index is 3.15. The van der Waals surface area contributed by atoms with Crippen LogP contribution in [0.25, 0.3) is 0 Å². The molecule has 0 bridgehead atoms. The maximum atomic E-state index is 11.3. The number of unbranched alkanes of at least 4 members (excludes halogenated alkanes) is 12. The van der Waals surface area contributed by atoms with E-state index in [1.807, 2.05) is 0 Å². The van der Waals surface area contributed by atoms with Crippen LogP contribution in [0.5, 0.6) is 0 Å². The summed E-state index contributed by atoms with van der Waals surface area (Å²) < 4.78 is 9.19. The molecule has 0 atom stereocenters. The normalized spacial score (nSPS) is 10.5. The Bertz CT molecular complexity index is 289. The molecular weight excluding hydrogens is 292 g/mol. The zero-order valence-electron chi connectivity index (χ0n) is 15.2. The standard InChI is InChI=1S/C19H36O4/c1-3-4-5-6-7-8-9-10-11-12-13-14-15-16-18(20)23-17-19(21)22-2/h3-17H2,1-2H3. The van der Waals surface area contributed by atoms with Crippen molar-refractivity contribution in [3.05, 3.63) is 0 Å². The van der Waals surface area contributed by atoms with Crippen LogP contribution < -0.4 is 0 Å². The van der Waals surface area contributed by atoms with Crippen LogP contribution in [0.4, 0.5) is 0 Å². The summed E-state index contributed by atoms with van der Waals surface area (Å²) in [6.45, 7) is 1.99. The molecule has 0 aromatic carbocycles. The summed E-state index contributed by atoms with van der Waals surface area (Å²) in [5.74, 6) is -0.817. The average molecular weight is 328 g/mol. The van der Waals surface area contributed by atoms with E-state index in [2.05, 4.69) is 11.7 Å². The van der Waals surface area contributed by atoms with Crippen molar-refractivity contribution in [2.45, 2.75) is 96.8 Å². The number of methoxy groups -OCH3 is 1. The molecule has 0 saturated carbocycles. The van der Waals surface area contributed by atoms with E-state index in [-0.39, 0.29) is 12.6 Å². The van der Waals surface area contributed by atoms with Gasteiger partial charge in [-0.3, -0.25) is 4.79 Å². The molecule has 0 radical (unpaired) electrons. The number of carbonyl (C=O) groups is 2. The number of carbonyl (C=O) groups excluding carboxylic acids is 2. The Morgan fingerprint density at radius 1 is 0.652 bits per heavy atom. The smallest absolute Gasteiger partial charge is 0.344 e. The van der Waals surface area contributed by atoms with Gasteiger partial charge in [0.1, 0.15) is 0 Å². The largest absolute Gasteiger partial charge is 0.466 e. The molecule has 0 aliphatic heterocycles. The first kappa shape index (κ1) is 21.9. The second-order valence-electron chi connectivity index (χ2n) is 6.23. The van der Waals surface area contributed by atoms with Gasteiger partial charge in [-0.1, -0.05) is 84.0 Å². The molecular formula is C19H36O4. The van der Waals surface area contributed by atoms with Crippen molar-refractivity contribution in [2.75, 3.05) is 13.7 Å². The lowest BCUT2D eigenvalue weighted by Gasteiger charge is -2.04. The van der Waals surface area contributed by atoms with Gasteiger partial charge in [0.2, 0.25) is 0 Å². The number of ether oxygens (including phenoxy) is 2. The van der Waals surface area contributed by atoms with Gasteiger partial charge in [0.15, 0.2) is 6.61 Å². The Kier molecular flexibility index (Phi) is 16.5. The summed E-state index contributed by atoms with van der Waals surface area (Å²) in [6.07, 6.45) is 17.0. The fourth-order valence-corrected chi connectivity index (χ4v) is 2.56. The fraction of sp³-hybridized carbons (Fsp3) is 0.895. The molecule has 0 saturated heterocycles. The summed E-state index contributed by atoms with van der Waals surface area (Å²) in [5.41, 5.74) is 0. The maximum absolute atomic E-state index is 11.3. The van der Waals surface area contributed by atoms with Crippen molar-refractivity contribution in [2.24, 2.45) is 0 Å². The first-order chi connectivity index (χ1) is 11.2. The van der Waals surface area contributed by atoms with Gasteiger partial charge in [0.25, 0.3) is 0 Å². The summed E-state index contributed by atoms with van der Waals surface area (Å²) in [4.78, 5) is 22.1. The highest BCUT2D eigenvalue weighted by atomic mass is 16.6. The molecule has 0 aromatic rings. The zero-order valence-corrected chi connectivity index (χ0v) is 15.2. The zero-order chi connectivity index (χ0) is 17.2. The number of hydrogen-bond acceptors (Lipinski definition) is 4. The van der Waals surface area contributed by atoms with E-state index in [0.717, 1.165) is 12.8 Å². The van der Waals surface area contributed by atoms with Crippen molar-refractivity contribution in [3.8, 4) is 0 Å². The van der Waals surface area contributed by atoms with E-state index in [1.165, 1.54) is 77.7 Å². The summed E-state index contributed by atoms with van der Waals surface area (Å²) in [6, 6.07) is 0. The quantitative estimate of drug-likeness (QED) is 0.289. The van der Waals surface area contributed by atoms with Crippen LogP contribution in [0.1, 0.15) is 96.8 Å². The highest BCUT2D eigenvalue weighted by Crippen LogP contribution is 2.13. The highest BCUT2D eigenvalue weighted by molar-refractivity contribution is 5.76. The molecule has 136 valence electrons.